The highest BCUT2D eigenvalue weighted by Crippen LogP contribution is 2.25. The summed E-state index contributed by atoms with van der Waals surface area (Å²) in [7, 11) is 0. The van der Waals surface area contributed by atoms with E-state index < -0.39 is 0 Å². The maximum Gasteiger partial charge on any atom is 0.134 e. The fourth-order valence-corrected chi connectivity index (χ4v) is 2.20. The Morgan fingerprint density at radius 1 is 1.24 bits per heavy atom. The van der Waals surface area contributed by atoms with E-state index in [1.165, 1.54) is 5.57 Å². The molecule has 3 heteroatoms. The molecule has 0 saturated heterocycles. The maximum atomic E-state index is 5.90. The molecule has 0 fully saturated rings. The summed E-state index contributed by atoms with van der Waals surface area (Å²) < 4.78 is 5.89. The fraction of sp³-hybridized carbons (Fsp3) is 0.333. The summed E-state index contributed by atoms with van der Waals surface area (Å²) in [6, 6.07) is 12.0. The molecule has 1 atom stereocenters. The van der Waals surface area contributed by atoms with Crippen molar-refractivity contribution >= 4 is 17.7 Å². The first-order valence-corrected chi connectivity index (χ1v) is 7.75. The van der Waals surface area contributed by atoms with E-state index in [4.69, 9.17) is 16.0 Å². The molecule has 0 aliphatic carbocycles. The Morgan fingerprint density at radius 3 is 2.62 bits per heavy atom. The van der Waals surface area contributed by atoms with Gasteiger partial charge in [0, 0.05) is 16.6 Å². The summed E-state index contributed by atoms with van der Waals surface area (Å²) >= 11 is 5.90. The Kier molecular flexibility index (Phi) is 5.66. The van der Waals surface area contributed by atoms with Gasteiger partial charge in [-0.2, -0.15) is 0 Å². The van der Waals surface area contributed by atoms with E-state index in [1.807, 2.05) is 36.4 Å². The van der Waals surface area contributed by atoms with Gasteiger partial charge in [-0.15, -0.1) is 0 Å². The Balaban J connectivity index is 2.10. The summed E-state index contributed by atoms with van der Waals surface area (Å²) in [5.74, 6) is 1.74. The van der Waals surface area contributed by atoms with Crippen molar-refractivity contribution in [1.82, 2.24) is 5.32 Å². The molecular weight excluding hydrogens is 282 g/mol. The summed E-state index contributed by atoms with van der Waals surface area (Å²) in [6.07, 6.45) is 3.23. The van der Waals surface area contributed by atoms with Crippen molar-refractivity contribution < 1.29 is 4.42 Å². The predicted molar refractivity (Wildman–Crippen MR) is 90.6 cm³/mol. The molecule has 0 spiro atoms. The van der Waals surface area contributed by atoms with Crippen LogP contribution in [-0.2, 0) is 0 Å². The van der Waals surface area contributed by atoms with Crippen LogP contribution in [0.3, 0.4) is 0 Å². The van der Waals surface area contributed by atoms with Crippen molar-refractivity contribution in [3.05, 3.63) is 52.8 Å². The Bertz CT molecular complexity index is 598. The van der Waals surface area contributed by atoms with E-state index in [9.17, 15) is 0 Å². The number of rotatable bonds is 6. The van der Waals surface area contributed by atoms with Crippen molar-refractivity contribution in [3.8, 4) is 11.3 Å². The third kappa shape index (κ3) is 4.48. The number of hydrogen-bond donors (Lipinski definition) is 1. The van der Waals surface area contributed by atoms with Crippen LogP contribution in [0.1, 0.15) is 33.0 Å². The van der Waals surface area contributed by atoms with Gasteiger partial charge in [0.05, 0.1) is 0 Å². The second-order valence-electron chi connectivity index (χ2n) is 5.27. The molecule has 21 heavy (non-hydrogen) atoms. The number of furan rings is 1. The van der Waals surface area contributed by atoms with Crippen molar-refractivity contribution in [2.75, 3.05) is 6.54 Å². The first kappa shape index (κ1) is 15.9. The number of nitrogens with one attached hydrogen (secondary N) is 1. The monoisotopic (exact) mass is 303 g/mol. The number of benzene rings is 1. The smallest absolute Gasteiger partial charge is 0.134 e. The molecule has 112 valence electrons. The Labute approximate surface area is 131 Å². The van der Waals surface area contributed by atoms with Gasteiger partial charge in [-0.3, -0.25) is 0 Å². The molecule has 0 saturated carbocycles. The zero-order valence-corrected chi connectivity index (χ0v) is 13.6. The first-order chi connectivity index (χ1) is 10.1. The minimum Gasteiger partial charge on any atom is -0.457 e. The van der Waals surface area contributed by atoms with Crippen LogP contribution in [0.25, 0.3) is 17.4 Å². The van der Waals surface area contributed by atoms with E-state index in [2.05, 4.69) is 32.2 Å². The van der Waals surface area contributed by atoms with Crippen molar-refractivity contribution in [3.63, 3.8) is 0 Å². The summed E-state index contributed by atoms with van der Waals surface area (Å²) in [5.41, 5.74) is 2.30. The van der Waals surface area contributed by atoms with Gasteiger partial charge in [0.2, 0.25) is 0 Å². The van der Waals surface area contributed by atoms with Gasteiger partial charge in [-0.1, -0.05) is 24.1 Å². The molecule has 1 unspecified atom stereocenters. The first-order valence-electron chi connectivity index (χ1n) is 7.37. The average Bonchev–Trinajstić information content (AvgIpc) is 2.93. The van der Waals surface area contributed by atoms with E-state index in [0.29, 0.717) is 6.04 Å². The molecule has 0 amide bonds. The molecule has 1 N–H and O–H groups in total. The zero-order chi connectivity index (χ0) is 15.2. The van der Waals surface area contributed by atoms with Crippen molar-refractivity contribution in [2.24, 2.45) is 0 Å². The maximum absolute atomic E-state index is 5.90. The molecule has 2 rings (SSSR count). The lowest BCUT2D eigenvalue weighted by Gasteiger charge is -2.13. The Morgan fingerprint density at radius 2 is 1.95 bits per heavy atom. The second-order valence-corrected chi connectivity index (χ2v) is 5.71. The lowest BCUT2D eigenvalue weighted by atomic mass is 10.1. The molecule has 2 nitrogen and oxygen atoms in total. The second kappa shape index (κ2) is 7.48. The molecule has 0 radical (unpaired) electrons. The summed E-state index contributed by atoms with van der Waals surface area (Å²) in [4.78, 5) is 0. The minimum atomic E-state index is 0.356. The van der Waals surface area contributed by atoms with Crippen LogP contribution in [0.2, 0.25) is 5.02 Å². The van der Waals surface area contributed by atoms with E-state index in [1.54, 1.807) is 0 Å². The number of halogens is 1. The highest BCUT2D eigenvalue weighted by atomic mass is 35.5. The lowest BCUT2D eigenvalue weighted by Crippen LogP contribution is -2.27. The molecule has 2 aromatic rings. The average molecular weight is 304 g/mol. The van der Waals surface area contributed by atoms with Gasteiger partial charge in [-0.05, 0) is 69.3 Å². The van der Waals surface area contributed by atoms with Crippen molar-refractivity contribution in [2.45, 2.75) is 33.2 Å². The van der Waals surface area contributed by atoms with Gasteiger partial charge < -0.3 is 9.73 Å². The molecule has 1 aromatic heterocycles. The van der Waals surface area contributed by atoms with Gasteiger partial charge in [0.15, 0.2) is 0 Å². The van der Waals surface area contributed by atoms with Crippen LogP contribution in [0, 0.1) is 0 Å². The molecule has 1 aromatic carbocycles. The quantitative estimate of drug-likeness (QED) is 0.774. The van der Waals surface area contributed by atoms with Crippen LogP contribution in [0.5, 0.6) is 0 Å². The van der Waals surface area contributed by atoms with E-state index in [-0.39, 0.29) is 0 Å². The van der Waals surface area contributed by atoms with Crippen LogP contribution >= 0.6 is 11.6 Å². The van der Waals surface area contributed by atoms with E-state index >= 15 is 0 Å². The van der Waals surface area contributed by atoms with Crippen LogP contribution in [-0.4, -0.2) is 12.6 Å². The normalized spacial score (nSPS) is 13.4. The number of hydrogen-bond acceptors (Lipinski definition) is 2. The summed E-state index contributed by atoms with van der Waals surface area (Å²) in [5, 5.41) is 4.21. The highest BCUT2D eigenvalue weighted by molar-refractivity contribution is 6.30. The van der Waals surface area contributed by atoms with Gasteiger partial charge >= 0.3 is 0 Å². The van der Waals surface area contributed by atoms with Gasteiger partial charge in [0.1, 0.15) is 11.5 Å². The minimum absolute atomic E-state index is 0.356. The largest absolute Gasteiger partial charge is 0.457 e. The topological polar surface area (TPSA) is 25.2 Å². The molecule has 0 bridgehead atoms. The highest BCUT2D eigenvalue weighted by Gasteiger charge is 2.06. The van der Waals surface area contributed by atoms with Crippen molar-refractivity contribution in [1.29, 1.82) is 0 Å². The van der Waals surface area contributed by atoms with Gasteiger partial charge in [-0.25, -0.2) is 0 Å². The predicted octanol–water partition coefficient (Wildman–Crippen LogP) is 5.39. The van der Waals surface area contributed by atoms with Crippen LogP contribution in [0.15, 0.2) is 46.4 Å². The zero-order valence-electron chi connectivity index (χ0n) is 12.8. The Hall–Kier alpha value is -1.51. The summed E-state index contributed by atoms with van der Waals surface area (Å²) in [6.45, 7) is 7.49. The molecule has 0 aliphatic heterocycles. The van der Waals surface area contributed by atoms with Gasteiger partial charge in [0.25, 0.3) is 0 Å². The molecular formula is C18H22ClNO. The van der Waals surface area contributed by atoms with Crippen LogP contribution < -0.4 is 5.32 Å². The molecule has 1 heterocycles. The standard InChI is InChI=1S/C18H22ClNO/c1-4-11-20-14(3)13(2)12-17-9-10-18(21-17)15-5-7-16(19)8-6-15/h5-10,12,14,20H,4,11H2,1-3H3/b13-12+. The third-order valence-corrected chi connectivity index (χ3v) is 3.76. The van der Waals surface area contributed by atoms with E-state index in [0.717, 1.165) is 35.1 Å². The lowest BCUT2D eigenvalue weighted by molar-refractivity contribution is 0.567. The van der Waals surface area contributed by atoms with Crippen LogP contribution in [0.4, 0.5) is 0 Å². The third-order valence-electron chi connectivity index (χ3n) is 3.51. The fourth-order valence-electron chi connectivity index (χ4n) is 2.07. The molecule has 0 aliphatic rings. The SMILES string of the molecule is CCCNC(C)/C(C)=C/c1ccc(-c2ccc(Cl)cc2)o1.